The SMILES string of the molecule is COc1ccc(OC)c(CN(C(=O)C=Cc2ccc(C)o2)C2CC2)c1. The van der Waals surface area contributed by atoms with Gasteiger partial charge in [-0.2, -0.15) is 0 Å². The molecule has 0 radical (unpaired) electrons. The van der Waals surface area contributed by atoms with Crippen molar-refractivity contribution in [2.45, 2.75) is 32.4 Å². The van der Waals surface area contributed by atoms with E-state index in [0.717, 1.165) is 35.7 Å². The van der Waals surface area contributed by atoms with Crippen molar-refractivity contribution >= 4 is 12.0 Å². The number of methoxy groups -OCH3 is 2. The van der Waals surface area contributed by atoms with Crippen molar-refractivity contribution in [1.29, 1.82) is 0 Å². The fraction of sp³-hybridized carbons (Fsp3) is 0.350. The van der Waals surface area contributed by atoms with Crippen LogP contribution in [-0.2, 0) is 11.3 Å². The first-order valence-electron chi connectivity index (χ1n) is 8.36. The van der Waals surface area contributed by atoms with Crippen molar-refractivity contribution < 1.29 is 18.7 Å². The Bertz CT molecular complexity index is 774. The van der Waals surface area contributed by atoms with E-state index in [1.54, 1.807) is 26.4 Å². The first-order valence-corrected chi connectivity index (χ1v) is 8.36. The topological polar surface area (TPSA) is 51.9 Å². The molecule has 5 heteroatoms. The minimum atomic E-state index is -0.0265. The number of amides is 1. The summed E-state index contributed by atoms with van der Waals surface area (Å²) in [4.78, 5) is 14.6. The monoisotopic (exact) mass is 341 g/mol. The third-order valence-electron chi connectivity index (χ3n) is 4.25. The van der Waals surface area contributed by atoms with Crippen molar-refractivity contribution in [3.8, 4) is 11.5 Å². The van der Waals surface area contributed by atoms with Crippen LogP contribution < -0.4 is 9.47 Å². The van der Waals surface area contributed by atoms with Gasteiger partial charge >= 0.3 is 0 Å². The number of hydrogen-bond acceptors (Lipinski definition) is 4. The van der Waals surface area contributed by atoms with Gasteiger partial charge in [-0.25, -0.2) is 0 Å². The summed E-state index contributed by atoms with van der Waals surface area (Å²) in [6, 6.07) is 9.65. The fourth-order valence-electron chi connectivity index (χ4n) is 2.75. The summed E-state index contributed by atoms with van der Waals surface area (Å²) < 4.78 is 16.2. The predicted molar refractivity (Wildman–Crippen MR) is 95.6 cm³/mol. The van der Waals surface area contributed by atoms with E-state index in [1.807, 2.05) is 42.2 Å². The lowest BCUT2D eigenvalue weighted by atomic mass is 10.1. The van der Waals surface area contributed by atoms with Crippen molar-refractivity contribution in [2.75, 3.05) is 14.2 Å². The smallest absolute Gasteiger partial charge is 0.247 e. The molecule has 2 aromatic rings. The van der Waals surface area contributed by atoms with Crippen LogP contribution in [0.3, 0.4) is 0 Å². The van der Waals surface area contributed by atoms with Crippen LogP contribution in [0.15, 0.2) is 40.8 Å². The van der Waals surface area contributed by atoms with E-state index in [-0.39, 0.29) is 11.9 Å². The van der Waals surface area contributed by atoms with Crippen LogP contribution in [0.25, 0.3) is 6.08 Å². The third kappa shape index (κ3) is 4.24. The third-order valence-corrected chi connectivity index (χ3v) is 4.25. The van der Waals surface area contributed by atoms with E-state index in [0.29, 0.717) is 12.3 Å². The molecular weight excluding hydrogens is 318 g/mol. The van der Waals surface area contributed by atoms with Gasteiger partial charge in [-0.15, -0.1) is 0 Å². The van der Waals surface area contributed by atoms with Crippen LogP contribution >= 0.6 is 0 Å². The number of nitrogens with zero attached hydrogens (tertiary/aromatic N) is 1. The molecule has 1 heterocycles. The largest absolute Gasteiger partial charge is 0.497 e. The van der Waals surface area contributed by atoms with Gasteiger partial charge in [-0.1, -0.05) is 0 Å². The molecule has 132 valence electrons. The van der Waals surface area contributed by atoms with Gasteiger partial charge in [0.2, 0.25) is 5.91 Å². The first kappa shape index (κ1) is 17.1. The first-order chi connectivity index (χ1) is 12.1. The quantitative estimate of drug-likeness (QED) is 0.719. The summed E-state index contributed by atoms with van der Waals surface area (Å²) in [5, 5.41) is 0. The second-order valence-corrected chi connectivity index (χ2v) is 6.16. The number of ether oxygens (including phenoxy) is 2. The van der Waals surface area contributed by atoms with E-state index < -0.39 is 0 Å². The Morgan fingerprint density at radius 2 is 2.04 bits per heavy atom. The molecule has 5 nitrogen and oxygen atoms in total. The molecule has 0 bridgehead atoms. The van der Waals surface area contributed by atoms with Gasteiger partial charge in [-0.3, -0.25) is 4.79 Å². The van der Waals surface area contributed by atoms with Gasteiger partial charge < -0.3 is 18.8 Å². The molecule has 1 aliphatic carbocycles. The maximum atomic E-state index is 12.7. The Labute approximate surface area is 147 Å². The molecule has 0 atom stereocenters. The predicted octanol–water partition coefficient (Wildman–Crippen LogP) is 3.81. The van der Waals surface area contributed by atoms with Crippen molar-refractivity contribution in [3.05, 3.63) is 53.5 Å². The second-order valence-electron chi connectivity index (χ2n) is 6.16. The van der Waals surface area contributed by atoms with Crippen LogP contribution in [0.1, 0.15) is 29.9 Å². The highest BCUT2D eigenvalue weighted by molar-refractivity contribution is 5.91. The fourth-order valence-corrected chi connectivity index (χ4v) is 2.75. The number of aryl methyl sites for hydroxylation is 1. The maximum absolute atomic E-state index is 12.7. The van der Waals surface area contributed by atoms with Crippen LogP contribution in [0, 0.1) is 6.92 Å². The van der Waals surface area contributed by atoms with Gasteiger partial charge in [-0.05, 0) is 56.2 Å². The zero-order chi connectivity index (χ0) is 17.8. The zero-order valence-corrected chi connectivity index (χ0v) is 14.8. The normalized spacial score (nSPS) is 13.9. The molecule has 0 spiro atoms. The van der Waals surface area contributed by atoms with Crippen LogP contribution in [0.4, 0.5) is 0 Å². The van der Waals surface area contributed by atoms with Gasteiger partial charge in [0.05, 0.1) is 20.8 Å². The molecule has 1 amide bonds. The lowest BCUT2D eigenvalue weighted by Crippen LogP contribution is -2.31. The highest BCUT2D eigenvalue weighted by Crippen LogP contribution is 2.32. The summed E-state index contributed by atoms with van der Waals surface area (Å²) in [5.41, 5.74) is 0.935. The summed E-state index contributed by atoms with van der Waals surface area (Å²) in [5.74, 6) is 2.99. The number of rotatable bonds is 7. The van der Waals surface area contributed by atoms with Gasteiger partial charge in [0, 0.05) is 17.7 Å². The van der Waals surface area contributed by atoms with E-state index in [2.05, 4.69) is 0 Å². The average molecular weight is 341 g/mol. The standard InChI is InChI=1S/C20H23NO4/c1-14-4-7-17(25-14)9-11-20(22)21(16-5-6-16)13-15-12-18(23-2)8-10-19(15)24-3/h4,7-12,16H,5-6,13H2,1-3H3. The lowest BCUT2D eigenvalue weighted by molar-refractivity contribution is -0.127. The molecule has 0 N–H and O–H groups in total. The molecule has 3 rings (SSSR count). The summed E-state index contributed by atoms with van der Waals surface area (Å²) in [6.07, 6.45) is 5.36. The van der Waals surface area contributed by atoms with E-state index in [1.165, 1.54) is 0 Å². The van der Waals surface area contributed by atoms with E-state index in [4.69, 9.17) is 13.9 Å². The minimum absolute atomic E-state index is 0.0265. The summed E-state index contributed by atoms with van der Waals surface area (Å²) >= 11 is 0. The maximum Gasteiger partial charge on any atom is 0.247 e. The Balaban J connectivity index is 1.77. The molecule has 1 aliphatic rings. The molecule has 0 aliphatic heterocycles. The lowest BCUT2D eigenvalue weighted by Gasteiger charge is -2.22. The van der Waals surface area contributed by atoms with E-state index in [9.17, 15) is 4.79 Å². The van der Waals surface area contributed by atoms with E-state index >= 15 is 0 Å². The number of carbonyl (C=O) groups excluding carboxylic acids is 1. The van der Waals surface area contributed by atoms with Crippen LogP contribution in [0.5, 0.6) is 11.5 Å². The number of carbonyl (C=O) groups is 1. The van der Waals surface area contributed by atoms with Crippen molar-refractivity contribution in [3.63, 3.8) is 0 Å². The molecule has 0 unspecified atom stereocenters. The van der Waals surface area contributed by atoms with Gasteiger partial charge in [0.25, 0.3) is 0 Å². The molecule has 1 saturated carbocycles. The second kappa shape index (κ2) is 7.47. The highest BCUT2D eigenvalue weighted by Gasteiger charge is 2.32. The molecule has 0 saturated heterocycles. The Hall–Kier alpha value is -2.69. The summed E-state index contributed by atoms with van der Waals surface area (Å²) in [7, 11) is 3.26. The molecule has 25 heavy (non-hydrogen) atoms. The van der Waals surface area contributed by atoms with Crippen molar-refractivity contribution in [1.82, 2.24) is 4.90 Å². The number of benzene rings is 1. The molecule has 1 aromatic heterocycles. The van der Waals surface area contributed by atoms with Crippen molar-refractivity contribution in [2.24, 2.45) is 0 Å². The summed E-state index contributed by atoms with van der Waals surface area (Å²) in [6.45, 7) is 2.37. The van der Waals surface area contributed by atoms with Crippen LogP contribution in [0.2, 0.25) is 0 Å². The minimum Gasteiger partial charge on any atom is -0.497 e. The molecule has 1 fully saturated rings. The molecular formula is C20H23NO4. The number of furan rings is 1. The molecule has 1 aromatic carbocycles. The van der Waals surface area contributed by atoms with Gasteiger partial charge in [0.1, 0.15) is 23.0 Å². The zero-order valence-electron chi connectivity index (χ0n) is 14.8. The number of hydrogen-bond donors (Lipinski definition) is 0. The average Bonchev–Trinajstić information content (AvgIpc) is 3.38. The van der Waals surface area contributed by atoms with Gasteiger partial charge in [0.15, 0.2) is 0 Å². The highest BCUT2D eigenvalue weighted by atomic mass is 16.5. The van der Waals surface area contributed by atoms with Crippen LogP contribution in [-0.4, -0.2) is 31.1 Å². The Kier molecular flexibility index (Phi) is 5.12. The Morgan fingerprint density at radius 1 is 1.24 bits per heavy atom. The Morgan fingerprint density at radius 3 is 2.64 bits per heavy atom.